The second-order valence-corrected chi connectivity index (χ2v) is 4.25. The number of halogens is 3. The van der Waals surface area contributed by atoms with E-state index in [0.29, 0.717) is 17.4 Å². The number of alkyl halides is 3. The van der Waals surface area contributed by atoms with Crippen molar-refractivity contribution in [2.75, 3.05) is 0 Å². The third-order valence-corrected chi connectivity index (χ3v) is 2.96. The topological polar surface area (TPSA) is 17.1 Å². The molecular weight excluding hydrogens is 249 g/mol. The third kappa shape index (κ3) is 2.55. The minimum atomic E-state index is -4.44. The third-order valence-electron chi connectivity index (χ3n) is 2.27. The van der Waals surface area contributed by atoms with E-state index in [1.165, 1.54) is 17.4 Å². The van der Waals surface area contributed by atoms with Gasteiger partial charge in [-0.15, -0.1) is 0 Å². The lowest BCUT2D eigenvalue weighted by Crippen LogP contribution is -2.05. The molecule has 0 bridgehead atoms. The SMILES string of the molecule is O=Cc1cc(-c2ccsc2)cc(C(F)(F)F)c1. The minimum Gasteiger partial charge on any atom is -0.298 e. The molecule has 2 rings (SSSR count). The standard InChI is InChI=1S/C12H7F3OS/c13-12(14,15)11-4-8(6-16)3-10(5-11)9-1-2-17-7-9/h1-7H. The zero-order valence-electron chi connectivity index (χ0n) is 8.49. The monoisotopic (exact) mass is 256 g/mol. The molecule has 1 heterocycles. The Kier molecular flexibility index (Phi) is 3.02. The van der Waals surface area contributed by atoms with E-state index in [1.807, 2.05) is 0 Å². The zero-order chi connectivity index (χ0) is 12.5. The predicted molar refractivity (Wildman–Crippen MR) is 60.1 cm³/mol. The molecular formula is C12H7F3OS. The molecule has 1 aromatic heterocycles. The molecule has 0 spiro atoms. The summed E-state index contributed by atoms with van der Waals surface area (Å²) < 4.78 is 37.8. The molecule has 1 aromatic carbocycles. The van der Waals surface area contributed by atoms with Crippen LogP contribution < -0.4 is 0 Å². The lowest BCUT2D eigenvalue weighted by Gasteiger charge is -2.09. The molecule has 0 N–H and O–H groups in total. The van der Waals surface area contributed by atoms with Crippen LogP contribution >= 0.6 is 11.3 Å². The van der Waals surface area contributed by atoms with Crippen molar-refractivity contribution in [3.63, 3.8) is 0 Å². The van der Waals surface area contributed by atoms with Crippen LogP contribution in [0, 0.1) is 0 Å². The van der Waals surface area contributed by atoms with E-state index in [0.717, 1.165) is 12.1 Å². The predicted octanol–water partition coefficient (Wildman–Crippen LogP) is 4.25. The number of aldehydes is 1. The van der Waals surface area contributed by atoms with Crippen LogP contribution in [0.2, 0.25) is 0 Å². The van der Waals surface area contributed by atoms with Crippen molar-refractivity contribution in [1.29, 1.82) is 0 Å². The summed E-state index contributed by atoms with van der Waals surface area (Å²) in [7, 11) is 0. The van der Waals surface area contributed by atoms with Gasteiger partial charge in [0.1, 0.15) is 6.29 Å². The number of benzene rings is 1. The minimum absolute atomic E-state index is 0.0287. The lowest BCUT2D eigenvalue weighted by atomic mass is 10.0. The Morgan fingerprint density at radius 1 is 1.12 bits per heavy atom. The normalized spacial score (nSPS) is 11.5. The molecule has 88 valence electrons. The lowest BCUT2D eigenvalue weighted by molar-refractivity contribution is -0.137. The van der Waals surface area contributed by atoms with Crippen LogP contribution in [-0.2, 0) is 6.18 Å². The molecule has 0 saturated heterocycles. The maximum atomic E-state index is 12.6. The fraction of sp³-hybridized carbons (Fsp3) is 0.0833. The summed E-state index contributed by atoms with van der Waals surface area (Å²) in [6.45, 7) is 0. The highest BCUT2D eigenvalue weighted by atomic mass is 32.1. The Hall–Kier alpha value is -1.62. The highest BCUT2D eigenvalue weighted by Crippen LogP contribution is 2.33. The molecule has 5 heteroatoms. The van der Waals surface area contributed by atoms with Crippen molar-refractivity contribution in [1.82, 2.24) is 0 Å². The molecule has 0 aliphatic rings. The van der Waals surface area contributed by atoms with Crippen LogP contribution in [0.1, 0.15) is 15.9 Å². The van der Waals surface area contributed by atoms with E-state index in [1.54, 1.807) is 16.8 Å². The van der Waals surface area contributed by atoms with Crippen LogP contribution in [0.5, 0.6) is 0 Å². The van der Waals surface area contributed by atoms with Crippen LogP contribution in [0.15, 0.2) is 35.0 Å². The van der Waals surface area contributed by atoms with E-state index in [4.69, 9.17) is 0 Å². The number of carbonyl (C=O) groups is 1. The summed E-state index contributed by atoms with van der Waals surface area (Å²) in [6.07, 6.45) is -4.02. The fourth-order valence-corrected chi connectivity index (χ4v) is 2.14. The highest BCUT2D eigenvalue weighted by Gasteiger charge is 2.31. The summed E-state index contributed by atoms with van der Waals surface area (Å²) in [5.41, 5.74) is 0.316. The second kappa shape index (κ2) is 4.33. The van der Waals surface area contributed by atoms with Crippen LogP contribution in [0.3, 0.4) is 0 Å². The Balaban J connectivity index is 2.58. The van der Waals surface area contributed by atoms with Gasteiger partial charge < -0.3 is 0 Å². The number of hydrogen-bond donors (Lipinski definition) is 0. The average Bonchev–Trinajstić information content (AvgIpc) is 2.80. The summed E-state index contributed by atoms with van der Waals surface area (Å²) >= 11 is 1.39. The van der Waals surface area contributed by atoms with Gasteiger partial charge in [-0.2, -0.15) is 24.5 Å². The largest absolute Gasteiger partial charge is 0.416 e. The number of hydrogen-bond acceptors (Lipinski definition) is 2. The summed E-state index contributed by atoms with van der Waals surface area (Å²) in [6, 6.07) is 5.07. The Morgan fingerprint density at radius 3 is 2.41 bits per heavy atom. The molecule has 0 unspecified atom stereocenters. The Labute approximate surface area is 99.5 Å². The van der Waals surface area contributed by atoms with Gasteiger partial charge >= 0.3 is 6.18 Å². The molecule has 0 saturated carbocycles. The molecule has 0 fully saturated rings. The highest BCUT2D eigenvalue weighted by molar-refractivity contribution is 7.08. The van der Waals surface area contributed by atoms with Gasteiger partial charge in [0, 0.05) is 5.56 Å². The van der Waals surface area contributed by atoms with Crippen molar-refractivity contribution in [2.45, 2.75) is 6.18 Å². The van der Waals surface area contributed by atoms with Crippen molar-refractivity contribution < 1.29 is 18.0 Å². The zero-order valence-corrected chi connectivity index (χ0v) is 9.31. The molecule has 17 heavy (non-hydrogen) atoms. The molecule has 1 nitrogen and oxygen atoms in total. The van der Waals surface area contributed by atoms with Crippen LogP contribution in [0.4, 0.5) is 13.2 Å². The van der Waals surface area contributed by atoms with E-state index in [9.17, 15) is 18.0 Å². The molecule has 0 aliphatic heterocycles. The van der Waals surface area contributed by atoms with Gasteiger partial charge in [0.05, 0.1) is 5.56 Å². The first-order valence-electron chi connectivity index (χ1n) is 4.71. The van der Waals surface area contributed by atoms with Crippen LogP contribution in [-0.4, -0.2) is 6.29 Å². The molecule has 0 atom stereocenters. The van der Waals surface area contributed by atoms with Crippen molar-refractivity contribution in [3.05, 3.63) is 46.2 Å². The van der Waals surface area contributed by atoms with E-state index >= 15 is 0 Å². The van der Waals surface area contributed by atoms with Gasteiger partial charge in [0.15, 0.2) is 0 Å². The first-order chi connectivity index (χ1) is 8.00. The van der Waals surface area contributed by atoms with Crippen molar-refractivity contribution >= 4 is 17.6 Å². The van der Waals surface area contributed by atoms with Crippen molar-refractivity contribution in [2.24, 2.45) is 0 Å². The second-order valence-electron chi connectivity index (χ2n) is 3.47. The number of rotatable bonds is 2. The summed E-state index contributed by atoms with van der Waals surface area (Å²) in [5, 5.41) is 3.51. The smallest absolute Gasteiger partial charge is 0.298 e. The quantitative estimate of drug-likeness (QED) is 0.734. The van der Waals surface area contributed by atoms with Gasteiger partial charge in [0.2, 0.25) is 0 Å². The average molecular weight is 256 g/mol. The molecule has 0 aliphatic carbocycles. The number of thiophene rings is 1. The molecule has 2 aromatic rings. The molecule has 0 radical (unpaired) electrons. The van der Waals surface area contributed by atoms with Gasteiger partial charge in [-0.1, -0.05) is 0 Å². The van der Waals surface area contributed by atoms with Crippen molar-refractivity contribution in [3.8, 4) is 11.1 Å². The number of carbonyl (C=O) groups excluding carboxylic acids is 1. The Morgan fingerprint density at radius 2 is 1.88 bits per heavy atom. The van der Waals surface area contributed by atoms with Gasteiger partial charge in [0.25, 0.3) is 0 Å². The van der Waals surface area contributed by atoms with E-state index in [-0.39, 0.29) is 5.56 Å². The first kappa shape index (κ1) is 11.9. The molecule has 0 amide bonds. The Bertz CT molecular complexity index is 529. The van der Waals surface area contributed by atoms with Gasteiger partial charge in [-0.3, -0.25) is 4.79 Å². The van der Waals surface area contributed by atoms with Gasteiger partial charge in [-0.25, -0.2) is 0 Å². The van der Waals surface area contributed by atoms with E-state index in [2.05, 4.69) is 0 Å². The van der Waals surface area contributed by atoms with E-state index < -0.39 is 11.7 Å². The van der Waals surface area contributed by atoms with Gasteiger partial charge in [-0.05, 0) is 46.2 Å². The maximum absolute atomic E-state index is 12.6. The summed E-state index contributed by atoms with van der Waals surface area (Å²) in [4.78, 5) is 10.6. The van der Waals surface area contributed by atoms with Crippen LogP contribution in [0.25, 0.3) is 11.1 Å². The summed E-state index contributed by atoms with van der Waals surface area (Å²) in [5.74, 6) is 0. The first-order valence-corrected chi connectivity index (χ1v) is 5.65. The fourth-order valence-electron chi connectivity index (χ4n) is 1.48. The maximum Gasteiger partial charge on any atom is 0.416 e.